The average molecular weight is 555 g/mol. The smallest absolute Gasteiger partial charge is 0.413 e. The summed E-state index contributed by atoms with van der Waals surface area (Å²) in [5.41, 5.74) is -3.02. The van der Waals surface area contributed by atoms with Gasteiger partial charge in [-0.2, -0.15) is 0 Å². The standard InChI is InChI=1S/C22H30N6O9S/c1-10-7-28(20(34)35-10)8-11-13(15(29)23-11)25-16(30)14(27-37-22(5,6)17(31)32)12-9-38-18(24-12)26-19(33)36-21(2,3)4/h9-11,13H,7-8H2,1-6H3,(H,23,29)(H,25,30)(H,31,32)(H,24,26,33)/t10-,11-,13+/m1/s1. The summed E-state index contributed by atoms with van der Waals surface area (Å²) in [5.74, 6) is -2.71. The Balaban J connectivity index is 1.78. The minimum atomic E-state index is -1.79. The van der Waals surface area contributed by atoms with Gasteiger partial charge in [-0.25, -0.2) is 19.4 Å². The molecule has 3 atom stereocenters. The summed E-state index contributed by atoms with van der Waals surface area (Å²) in [5, 5.41) is 22.1. The van der Waals surface area contributed by atoms with Crippen molar-refractivity contribution in [1.29, 1.82) is 0 Å². The number of rotatable bonds is 9. The number of anilines is 1. The molecular weight excluding hydrogens is 524 g/mol. The number of carbonyl (C=O) groups is 5. The van der Waals surface area contributed by atoms with Crippen LogP contribution in [-0.2, 0) is 28.7 Å². The van der Waals surface area contributed by atoms with Gasteiger partial charge in [0.2, 0.25) is 11.5 Å². The Labute approximate surface area is 221 Å². The lowest BCUT2D eigenvalue weighted by Crippen LogP contribution is -2.72. The number of carboxylic acid groups (broad SMARTS) is 1. The Bertz CT molecular complexity index is 1160. The second-order valence-corrected chi connectivity index (χ2v) is 11.0. The highest BCUT2D eigenvalue weighted by molar-refractivity contribution is 7.14. The molecule has 0 radical (unpaired) electrons. The van der Waals surface area contributed by atoms with Crippen molar-refractivity contribution in [3.05, 3.63) is 11.1 Å². The number of nitrogens with one attached hydrogen (secondary N) is 3. The molecule has 2 saturated heterocycles. The third-order valence-corrected chi connectivity index (χ3v) is 5.96. The van der Waals surface area contributed by atoms with Crippen molar-refractivity contribution >= 4 is 52.2 Å². The van der Waals surface area contributed by atoms with E-state index < -0.39 is 59.0 Å². The molecule has 3 heterocycles. The fourth-order valence-corrected chi connectivity index (χ4v) is 3.94. The van der Waals surface area contributed by atoms with E-state index in [0.717, 1.165) is 11.3 Å². The zero-order valence-electron chi connectivity index (χ0n) is 21.7. The van der Waals surface area contributed by atoms with Gasteiger partial charge in [-0.3, -0.25) is 14.9 Å². The van der Waals surface area contributed by atoms with Crippen LogP contribution in [0, 0.1) is 0 Å². The third kappa shape index (κ3) is 7.08. The van der Waals surface area contributed by atoms with E-state index in [1.54, 1.807) is 27.7 Å². The van der Waals surface area contributed by atoms with Gasteiger partial charge in [-0.1, -0.05) is 5.16 Å². The first-order chi connectivity index (χ1) is 17.6. The molecule has 2 fully saturated rings. The van der Waals surface area contributed by atoms with E-state index in [9.17, 15) is 29.1 Å². The lowest BCUT2D eigenvalue weighted by Gasteiger charge is -2.38. The molecule has 0 saturated carbocycles. The maximum atomic E-state index is 13.2. The molecule has 4 N–H and O–H groups in total. The highest BCUT2D eigenvalue weighted by Gasteiger charge is 2.44. The van der Waals surface area contributed by atoms with Crippen LogP contribution in [0.5, 0.6) is 0 Å². The molecule has 0 bridgehead atoms. The number of cyclic esters (lactones) is 1. The van der Waals surface area contributed by atoms with Crippen LogP contribution in [0.25, 0.3) is 0 Å². The molecule has 4 amide bonds. The number of carboxylic acids is 1. The lowest BCUT2D eigenvalue weighted by molar-refractivity contribution is -0.161. The molecule has 2 aliphatic rings. The van der Waals surface area contributed by atoms with E-state index in [4.69, 9.17) is 14.3 Å². The number of hydrogen-bond acceptors (Lipinski definition) is 11. The lowest BCUT2D eigenvalue weighted by atomic mass is 9.98. The van der Waals surface area contributed by atoms with Crippen molar-refractivity contribution in [2.75, 3.05) is 18.4 Å². The predicted molar refractivity (Wildman–Crippen MR) is 133 cm³/mol. The zero-order valence-corrected chi connectivity index (χ0v) is 22.5. The van der Waals surface area contributed by atoms with E-state index >= 15 is 0 Å². The van der Waals surface area contributed by atoms with E-state index in [0.29, 0.717) is 6.54 Å². The second-order valence-electron chi connectivity index (χ2n) is 10.2. The molecule has 0 spiro atoms. The van der Waals surface area contributed by atoms with Crippen LogP contribution in [0.4, 0.5) is 14.7 Å². The normalized spacial score (nSPS) is 21.7. The van der Waals surface area contributed by atoms with E-state index in [1.807, 2.05) is 0 Å². The quantitative estimate of drug-likeness (QED) is 0.193. The Morgan fingerprint density at radius 2 is 1.97 bits per heavy atom. The fraction of sp³-hybridized carbons (Fsp3) is 0.591. The van der Waals surface area contributed by atoms with Crippen molar-refractivity contribution in [2.24, 2.45) is 5.16 Å². The first-order valence-electron chi connectivity index (χ1n) is 11.6. The van der Waals surface area contributed by atoms with E-state index in [1.165, 1.54) is 24.1 Å². The summed E-state index contributed by atoms with van der Waals surface area (Å²) >= 11 is 0.958. The van der Waals surface area contributed by atoms with E-state index in [-0.39, 0.29) is 23.5 Å². The number of ether oxygens (including phenoxy) is 2. The van der Waals surface area contributed by atoms with Crippen LogP contribution < -0.4 is 16.0 Å². The van der Waals surface area contributed by atoms with Crippen LogP contribution in [0.3, 0.4) is 0 Å². The van der Waals surface area contributed by atoms with Crippen LogP contribution >= 0.6 is 11.3 Å². The predicted octanol–water partition coefficient (Wildman–Crippen LogP) is 0.898. The molecule has 1 aromatic rings. The number of thiazole rings is 1. The number of aliphatic carboxylic acids is 1. The van der Waals surface area contributed by atoms with Crippen LogP contribution in [0.1, 0.15) is 47.2 Å². The van der Waals surface area contributed by atoms with Crippen molar-refractivity contribution in [1.82, 2.24) is 20.5 Å². The van der Waals surface area contributed by atoms with Gasteiger partial charge < -0.3 is 35.0 Å². The molecule has 1 aromatic heterocycles. The summed E-state index contributed by atoms with van der Waals surface area (Å²) < 4.78 is 10.3. The van der Waals surface area contributed by atoms with Gasteiger partial charge in [0.25, 0.3) is 5.91 Å². The van der Waals surface area contributed by atoms with Gasteiger partial charge in [0, 0.05) is 11.9 Å². The van der Waals surface area contributed by atoms with Gasteiger partial charge in [0.15, 0.2) is 10.8 Å². The first-order valence-corrected chi connectivity index (χ1v) is 12.5. The molecule has 0 unspecified atom stereocenters. The molecule has 3 rings (SSSR count). The first kappa shape index (κ1) is 28.6. The SMILES string of the molecule is C[C@@H]1CN(C[C@H]2NC(=O)[C@H]2NC(=O)C(=NOC(C)(C)C(=O)O)c2csc(NC(=O)OC(C)(C)C)n2)C(=O)O1. The Kier molecular flexibility index (Phi) is 8.14. The van der Waals surface area contributed by atoms with Gasteiger partial charge in [-0.05, 0) is 41.5 Å². The van der Waals surface area contributed by atoms with Crippen molar-refractivity contribution in [3.63, 3.8) is 0 Å². The van der Waals surface area contributed by atoms with Crippen LogP contribution in [0.2, 0.25) is 0 Å². The summed E-state index contributed by atoms with van der Waals surface area (Å²) in [7, 11) is 0. The Hall–Kier alpha value is -3.95. The van der Waals surface area contributed by atoms with Crippen molar-refractivity contribution in [3.8, 4) is 0 Å². The number of β-lactam (4-membered cyclic amide) rings is 1. The summed E-state index contributed by atoms with van der Waals surface area (Å²) in [6.07, 6.45) is -1.59. The summed E-state index contributed by atoms with van der Waals surface area (Å²) in [4.78, 5) is 71.5. The number of oxime groups is 1. The Morgan fingerprint density at radius 1 is 1.29 bits per heavy atom. The van der Waals surface area contributed by atoms with Gasteiger partial charge in [-0.15, -0.1) is 11.3 Å². The molecular formula is C22H30N6O9S. The third-order valence-electron chi connectivity index (χ3n) is 5.20. The molecule has 38 heavy (non-hydrogen) atoms. The maximum absolute atomic E-state index is 13.2. The summed E-state index contributed by atoms with van der Waals surface area (Å²) in [6, 6.07) is -1.61. The highest BCUT2D eigenvalue weighted by Crippen LogP contribution is 2.20. The number of amides is 4. The van der Waals surface area contributed by atoms with Crippen molar-refractivity contribution in [2.45, 2.75) is 70.9 Å². The summed E-state index contributed by atoms with van der Waals surface area (Å²) in [6.45, 7) is 9.71. The molecule has 15 nitrogen and oxygen atoms in total. The monoisotopic (exact) mass is 554 g/mol. The maximum Gasteiger partial charge on any atom is 0.413 e. The molecule has 16 heteroatoms. The number of nitrogens with zero attached hydrogens (tertiary/aromatic N) is 3. The van der Waals surface area contributed by atoms with Gasteiger partial charge in [0.05, 0.1) is 12.6 Å². The van der Waals surface area contributed by atoms with Crippen molar-refractivity contribution < 1.29 is 43.4 Å². The van der Waals surface area contributed by atoms with E-state index in [2.05, 4.69) is 26.1 Å². The zero-order chi connectivity index (χ0) is 28.4. The molecule has 0 aromatic carbocycles. The number of aromatic nitrogens is 1. The Morgan fingerprint density at radius 3 is 2.53 bits per heavy atom. The highest BCUT2D eigenvalue weighted by atomic mass is 32.1. The van der Waals surface area contributed by atoms with Gasteiger partial charge >= 0.3 is 18.2 Å². The largest absolute Gasteiger partial charge is 0.478 e. The topological polar surface area (TPSA) is 198 Å². The minimum absolute atomic E-state index is 0.0482. The molecule has 2 aliphatic heterocycles. The van der Waals surface area contributed by atoms with Crippen LogP contribution in [0.15, 0.2) is 10.5 Å². The fourth-order valence-electron chi connectivity index (χ4n) is 3.26. The average Bonchev–Trinajstić information content (AvgIpc) is 3.35. The van der Waals surface area contributed by atoms with Gasteiger partial charge in [0.1, 0.15) is 23.4 Å². The number of carbonyl (C=O) groups excluding carboxylic acids is 4. The molecule has 0 aliphatic carbocycles. The second kappa shape index (κ2) is 10.8. The number of hydrogen-bond donors (Lipinski definition) is 4. The minimum Gasteiger partial charge on any atom is -0.478 e. The van der Waals surface area contributed by atoms with Crippen LogP contribution in [-0.4, -0.2) is 93.2 Å². The molecule has 208 valence electrons.